The monoisotopic (exact) mass is 162 g/mol. The molecule has 0 bridgehead atoms. The number of aromatic nitrogens is 2. The van der Waals surface area contributed by atoms with Crippen LogP contribution in [0.5, 0.6) is 0 Å². The first-order chi connectivity index (χ1) is 5.88. The topological polar surface area (TPSA) is 58.5 Å². The summed E-state index contributed by atoms with van der Waals surface area (Å²) in [6, 6.07) is 1.69. The minimum Gasteiger partial charge on any atom is -0.272 e. The molecule has 1 aliphatic rings. The van der Waals surface area contributed by atoms with Crippen LogP contribution in [0.4, 0.5) is 5.69 Å². The highest BCUT2D eigenvalue weighted by molar-refractivity contribution is 6.05. The van der Waals surface area contributed by atoms with Crippen LogP contribution in [0.25, 0.3) is 0 Å². The maximum atomic E-state index is 11.1. The molecule has 0 unspecified atom stereocenters. The maximum absolute atomic E-state index is 11.1. The van der Waals surface area contributed by atoms with Crippen LogP contribution in [0.1, 0.15) is 6.42 Å². The van der Waals surface area contributed by atoms with Gasteiger partial charge in [-0.15, -0.1) is 0 Å². The molecule has 0 atom stereocenters. The van der Waals surface area contributed by atoms with E-state index in [1.807, 2.05) is 0 Å². The summed E-state index contributed by atoms with van der Waals surface area (Å²) in [5.74, 6) is -0.0389. The molecule has 1 aromatic rings. The van der Waals surface area contributed by atoms with Crippen molar-refractivity contribution in [2.75, 3.05) is 5.01 Å². The molecule has 60 valence electrons. The van der Waals surface area contributed by atoms with Crippen molar-refractivity contribution in [3.05, 3.63) is 18.5 Å². The summed E-state index contributed by atoms with van der Waals surface area (Å²) >= 11 is 0. The second kappa shape index (κ2) is 2.69. The minimum atomic E-state index is -0.0389. The summed E-state index contributed by atoms with van der Waals surface area (Å²) in [6.45, 7) is 0. The number of carbonyl (C=O) groups is 1. The summed E-state index contributed by atoms with van der Waals surface area (Å²) in [7, 11) is 0. The first-order valence-corrected chi connectivity index (χ1v) is 3.50. The van der Waals surface area contributed by atoms with Crippen molar-refractivity contribution >= 4 is 17.8 Å². The van der Waals surface area contributed by atoms with Gasteiger partial charge < -0.3 is 0 Å². The van der Waals surface area contributed by atoms with Gasteiger partial charge in [0, 0.05) is 6.21 Å². The average molecular weight is 162 g/mol. The van der Waals surface area contributed by atoms with Crippen LogP contribution in [-0.2, 0) is 4.79 Å². The van der Waals surface area contributed by atoms with E-state index in [1.165, 1.54) is 17.4 Å². The third-order valence-electron chi connectivity index (χ3n) is 1.51. The second-order valence-electron chi connectivity index (χ2n) is 2.31. The zero-order chi connectivity index (χ0) is 8.39. The summed E-state index contributed by atoms with van der Waals surface area (Å²) in [5.41, 5.74) is 0.656. The number of amides is 1. The second-order valence-corrected chi connectivity index (χ2v) is 2.31. The lowest BCUT2D eigenvalue weighted by molar-refractivity contribution is -0.116. The van der Waals surface area contributed by atoms with Gasteiger partial charge in [-0.1, -0.05) is 0 Å². The predicted molar refractivity (Wildman–Crippen MR) is 42.6 cm³/mol. The Bertz CT molecular complexity index is 321. The smallest absolute Gasteiger partial charge is 0.252 e. The van der Waals surface area contributed by atoms with E-state index in [9.17, 15) is 4.79 Å². The predicted octanol–water partition coefficient (Wildman–Crippen LogP) is 0.199. The first kappa shape index (κ1) is 6.90. The highest BCUT2D eigenvalue weighted by Crippen LogP contribution is 2.15. The van der Waals surface area contributed by atoms with E-state index in [0.29, 0.717) is 12.1 Å². The van der Waals surface area contributed by atoms with Crippen LogP contribution in [0, 0.1) is 0 Å². The Morgan fingerprint density at radius 1 is 1.42 bits per heavy atom. The van der Waals surface area contributed by atoms with Gasteiger partial charge in [0.25, 0.3) is 5.91 Å². The van der Waals surface area contributed by atoms with Gasteiger partial charge in [0.1, 0.15) is 0 Å². The Balaban J connectivity index is 2.31. The summed E-state index contributed by atoms with van der Waals surface area (Å²) in [6.07, 6.45) is 4.96. The maximum Gasteiger partial charge on any atom is 0.252 e. The molecule has 0 spiro atoms. The Kier molecular flexibility index (Phi) is 1.55. The Morgan fingerprint density at radius 2 is 2.33 bits per heavy atom. The molecule has 1 aliphatic heterocycles. The fraction of sp³-hybridized carbons (Fsp3) is 0.143. The molecule has 5 heteroatoms. The van der Waals surface area contributed by atoms with Gasteiger partial charge in [-0.2, -0.15) is 20.3 Å². The lowest BCUT2D eigenvalue weighted by atomic mass is 10.4. The van der Waals surface area contributed by atoms with Gasteiger partial charge in [0.2, 0.25) is 0 Å². The Labute approximate surface area is 68.7 Å². The van der Waals surface area contributed by atoms with E-state index in [0.717, 1.165) is 0 Å². The summed E-state index contributed by atoms with van der Waals surface area (Å²) in [5, 5.41) is 12.4. The third-order valence-corrected chi connectivity index (χ3v) is 1.51. The SMILES string of the molecule is O=C1CC=NN1c1ccnnc1. The van der Waals surface area contributed by atoms with E-state index >= 15 is 0 Å². The molecular weight excluding hydrogens is 156 g/mol. The molecule has 1 amide bonds. The molecule has 0 aliphatic carbocycles. The zero-order valence-electron chi connectivity index (χ0n) is 6.21. The highest BCUT2D eigenvalue weighted by atomic mass is 16.2. The number of nitrogens with zero attached hydrogens (tertiary/aromatic N) is 4. The fourth-order valence-electron chi connectivity index (χ4n) is 0.971. The third kappa shape index (κ3) is 1.05. The van der Waals surface area contributed by atoms with Gasteiger partial charge >= 0.3 is 0 Å². The number of carbonyl (C=O) groups excluding carboxylic acids is 1. The molecule has 0 fully saturated rings. The van der Waals surface area contributed by atoms with Crippen LogP contribution in [0.3, 0.4) is 0 Å². The fourth-order valence-corrected chi connectivity index (χ4v) is 0.971. The van der Waals surface area contributed by atoms with Crippen molar-refractivity contribution in [1.82, 2.24) is 10.2 Å². The van der Waals surface area contributed by atoms with E-state index in [1.54, 1.807) is 12.3 Å². The quantitative estimate of drug-likeness (QED) is 0.592. The minimum absolute atomic E-state index is 0.0389. The van der Waals surface area contributed by atoms with Crippen molar-refractivity contribution < 1.29 is 4.79 Å². The molecule has 0 saturated heterocycles. The molecular formula is C7H6N4O. The molecule has 2 rings (SSSR count). The standard InChI is InChI=1S/C7H6N4O/c12-7-2-4-10-11(7)6-1-3-8-9-5-6/h1,3-5H,2H2. The van der Waals surface area contributed by atoms with E-state index in [-0.39, 0.29) is 5.91 Å². The average Bonchev–Trinajstić information content (AvgIpc) is 2.53. The lowest BCUT2D eigenvalue weighted by Crippen LogP contribution is -2.19. The zero-order valence-corrected chi connectivity index (χ0v) is 6.21. The number of anilines is 1. The highest BCUT2D eigenvalue weighted by Gasteiger charge is 2.18. The van der Waals surface area contributed by atoms with Crippen molar-refractivity contribution in [2.24, 2.45) is 5.10 Å². The van der Waals surface area contributed by atoms with Crippen LogP contribution in [0.15, 0.2) is 23.6 Å². The number of hydrogen-bond acceptors (Lipinski definition) is 4. The first-order valence-electron chi connectivity index (χ1n) is 3.50. The number of hydrazone groups is 1. The molecule has 0 N–H and O–H groups in total. The summed E-state index contributed by atoms with van der Waals surface area (Å²) in [4.78, 5) is 11.1. The van der Waals surface area contributed by atoms with E-state index in [4.69, 9.17) is 0 Å². The van der Waals surface area contributed by atoms with Crippen LogP contribution >= 0.6 is 0 Å². The van der Waals surface area contributed by atoms with Gasteiger partial charge in [-0.05, 0) is 6.07 Å². The van der Waals surface area contributed by atoms with Gasteiger partial charge in [-0.3, -0.25) is 4.79 Å². The van der Waals surface area contributed by atoms with Gasteiger partial charge in [-0.25, -0.2) is 0 Å². The molecule has 2 heterocycles. The molecule has 12 heavy (non-hydrogen) atoms. The Hall–Kier alpha value is -1.78. The van der Waals surface area contributed by atoms with E-state index < -0.39 is 0 Å². The molecule has 0 saturated carbocycles. The van der Waals surface area contributed by atoms with Crippen molar-refractivity contribution in [2.45, 2.75) is 6.42 Å². The van der Waals surface area contributed by atoms with Crippen molar-refractivity contribution in [3.63, 3.8) is 0 Å². The molecule has 0 radical (unpaired) electrons. The largest absolute Gasteiger partial charge is 0.272 e. The number of rotatable bonds is 1. The van der Waals surface area contributed by atoms with Gasteiger partial charge in [0.05, 0.1) is 24.5 Å². The Morgan fingerprint density at radius 3 is 2.92 bits per heavy atom. The van der Waals surface area contributed by atoms with Crippen LogP contribution < -0.4 is 5.01 Å². The van der Waals surface area contributed by atoms with Crippen molar-refractivity contribution in [3.8, 4) is 0 Å². The molecule has 5 nitrogen and oxygen atoms in total. The number of hydrogen-bond donors (Lipinski definition) is 0. The van der Waals surface area contributed by atoms with E-state index in [2.05, 4.69) is 15.3 Å². The molecule has 0 aromatic carbocycles. The van der Waals surface area contributed by atoms with Crippen LogP contribution in [0.2, 0.25) is 0 Å². The molecule has 1 aromatic heterocycles. The normalized spacial score (nSPS) is 15.7. The van der Waals surface area contributed by atoms with Crippen molar-refractivity contribution in [1.29, 1.82) is 0 Å². The van der Waals surface area contributed by atoms with Crippen LogP contribution in [-0.4, -0.2) is 22.3 Å². The van der Waals surface area contributed by atoms with Gasteiger partial charge in [0.15, 0.2) is 0 Å². The lowest BCUT2D eigenvalue weighted by Gasteiger charge is -2.09. The summed E-state index contributed by atoms with van der Waals surface area (Å²) < 4.78 is 0.